The Kier molecular flexibility index (Phi) is 4.18. The van der Waals surface area contributed by atoms with Crippen molar-refractivity contribution >= 4 is 23.7 Å². The molecule has 0 saturated carbocycles. The molecule has 0 unspecified atom stereocenters. The van der Waals surface area contributed by atoms with Gasteiger partial charge in [-0.3, -0.25) is 14.4 Å². The first-order valence-electron chi connectivity index (χ1n) is 8.59. The minimum Gasteiger partial charge on any atom is -0.338 e. The Labute approximate surface area is 159 Å². The van der Waals surface area contributed by atoms with Crippen LogP contribution >= 0.6 is 0 Å². The number of hydrogen-bond acceptors (Lipinski definition) is 5. The van der Waals surface area contributed by atoms with E-state index in [9.17, 15) is 23.6 Å². The van der Waals surface area contributed by atoms with Crippen molar-refractivity contribution in [3.63, 3.8) is 0 Å². The van der Waals surface area contributed by atoms with Gasteiger partial charge in [0, 0.05) is 13.5 Å². The van der Waals surface area contributed by atoms with Crippen molar-refractivity contribution in [2.45, 2.75) is 12.5 Å². The van der Waals surface area contributed by atoms with E-state index in [2.05, 4.69) is 0 Å². The minimum absolute atomic E-state index is 0.138. The highest BCUT2D eigenvalue weighted by Gasteiger charge is 2.46. The SMILES string of the molecule is CN1C(=O)C[C@H](C(=O)ON2C(=O)c3ccccc3C2=O)[C@H]1c1ccc(F)cc1. The Morgan fingerprint density at radius 3 is 2.14 bits per heavy atom. The Hall–Kier alpha value is -3.55. The molecule has 1 fully saturated rings. The Balaban J connectivity index is 1.59. The second-order valence-electron chi connectivity index (χ2n) is 6.67. The standard InChI is InChI=1S/C20H15FN2O5/c1-22-16(24)10-15(17(22)11-6-8-12(21)9-7-11)20(27)28-23-18(25)13-4-2-3-5-14(13)19(23)26/h2-9,15,17H,10H2,1H3/t15-,17+/m0/s1. The van der Waals surface area contributed by atoms with Crippen LogP contribution < -0.4 is 0 Å². The number of rotatable bonds is 3. The van der Waals surface area contributed by atoms with Crippen molar-refractivity contribution in [3.8, 4) is 0 Å². The summed E-state index contributed by atoms with van der Waals surface area (Å²) in [4.78, 5) is 56.2. The first kappa shape index (κ1) is 17.8. The Morgan fingerprint density at radius 2 is 1.57 bits per heavy atom. The third-order valence-corrected chi connectivity index (χ3v) is 5.04. The molecule has 1 saturated heterocycles. The second kappa shape index (κ2) is 6.56. The number of halogens is 1. The van der Waals surface area contributed by atoms with E-state index in [-0.39, 0.29) is 23.5 Å². The van der Waals surface area contributed by atoms with Gasteiger partial charge in [-0.25, -0.2) is 9.18 Å². The summed E-state index contributed by atoms with van der Waals surface area (Å²) in [5.74, 6) is -4.01. The molecule has 2 heterocycles. The van der Waals surface area contributed by atoms with Crippen LogP contribution in [0.5, 0.6) is 0 Å². The Morgan fingerprint density at radius 1 is 1.00 bits per heavy atom. The summed E-state index contributed by atoms with van der Waals surface area (Å²) in [7, 11) is 1.53. The molecule has 2 aromatic rings. The van der Waals surface area contributed by atoms with Gasteiger partial charge in [-0.1, -0.05) is 29.3 Å². The van der Waals surface area contributed by atoms with Gasteiger partial charge in [-0.2, -0.15) is 0 Å². The zero-order valence-corrected chi connectivity index (χ0v) is 14.8. The molecule has 0 spiro atoms. The van der Waals surface area contributed by atoms with Crippen LogP contribution in [0.1, 0.15) is 38.7 Å². The molecule has 0 N–H and O–H groups in total. The first-order valence-corrected chi connectivity index (χ1v) is 8.59. The fraction of sp³-hybridized carbons (Fsp3) is 0.200. The lowest BCUT2D eigenvalue weighted by atomic mass is 9.94. The van der Waals surface area contributed by atoms with E-state index in [1.165, 1.54) is 48.3 Å². The summed E-state index contributed by atoms with van der Waals surface area (Å²) < 4.78 is 13.2. The van der Waals surface area contributed by atoms with Crippen LogP contribution in [0.2, 0.25) is 0 Å². The summed E-state index contributed by atoms with van der Waals surface area (Å²) >= 11 is 0. The van der Waals surface area contributed by atoms with Crippen molar-refractivity contribution in [1.82, 2.24) is 9.96 Å². The van der Waals surface area contributed by atoms with E-state index in [4.69, 9.17) is 4.84 Å². The van der Waals surface area contributed by atoms with Crippen LogP contribution in [0.4, 0.5) is 4.39 Å². The molecular weight excluding hydrogens is 367 g/mol. The summed E-state index contributed by atoms with van der Waals surface area (Å²) in [6.07, 6.45) is -0.138. The van der Waals surface area contributed by atoms with Crippen molar-refractivity contribution in [1.29, 1.82) is 0 Å². The van der Waals surface area contributed by atoms with Gasteiger partial charge in [0.15, 0.2) is 0 Å². The highest BCUT2D eigenvalue weighted by Crippen LogP contribution is 2.38. The maximum Gasteiger partial charge on any atom is 0.339 e. The molecular formula is C20H15FN2O5. The number of likely N-dealkylation sites (tertiary alicyclic amines) is 1. The molecule has 0 aliphatic carbocycles. The van der Waals surface area contributed by atoms with E-state index >= 15 is 0 Å². The second-order valence-corrected chi connectivity index (χ2v) is 6.67. The number of hydrogen-bond donors (Lipinski definition) is 0. The predicted molar refractivity (Wildman–Crippen MR) is 93.1 cm³/mol. The number of imide groups is 1. The van der Waals surface area contributed by atoms with E-state index < -0.39 is 35.6 Å². The lowest BCUT2D eigenvalue weighted by Crippen LogP contribution is -2.36. The molecule has 0 bridgehead atoms. The molecule has 4 rings (SSSR count). The van der Waals surface area contributed by atoms with E-state index in [1.54, 1.807) is 12.1 Å². The first-order chi connectivity index (χ1) is 13.4. The highest BCUT2D eigenvalue weighted by molar-refractivity contribution is 6.20. The number of hydroxylamine groups is 2. The van der Waals surface area contributed by atoms with Gasteiger partial charge < -0.3 is 9.74 Å². The van der Waals surface area contributed by atoms with Gasteiger partial charge in [0.05, 0.1) is 23.1 Å². The summed E-state index contributed by atoms with van der Waals surface area (Å²) in [5, 5.41) is 0.428. The van der Waals surface area contributed by atoms with Crippen LogP contribution in [0, 0.1) is 11.7 Å². The molecule has 2 atom stereocenters. The van der Waals surface area contributed by atoms with Crippen LogP contribution in [-0.4, -0.2) is 40.7 Å². The number of fused-ring (bicyclic) bond motifs is 1. The van der Waals surface area contributed by atoms with E-state index in [1.807, 2.05) is 0 Å². The van der Waals surface area contributed by atoms with Gasteiger partial charge >= 0.3 is 5.97 Å². The number of amides is 3. The van der Waals surface area contributed by atoms with Crippen LogP contribution in [0.3, 0.4) is 0 Å². The van der Waals surface area contributed by atoms with Crippen LogP contribution in [0.25, 0.3) is 0 Å². The predicted octanol–water partition coefficient (Wildman–Crippen LogP) is 2.10. The maximum absolute atomic E-state index is 13.2. The summed E-state index contributed by atoms with van der Waals surface area (Å²) in [6, 6.07) is 10.9. The molecule has 2 aromatic carbocycles. The molecule has 28 heavy (non-hydrogen) atoms. The number of nitrogens with zero attached hydrogens (tertiary/aromatic N) is 2. The molecule has 0 radical (unpaired) electrons. The molecule has 142 valence electrons. The lowest BCUT2D eigenvalue weighted by Gasteiger charge is -2.25. The molecule has 2 aliphatic heterocycles. The average Bonchev–Trinajstić information content (AvgIpc) is 3.12. The van der Waals surface area contributed by atoms with Crippen LogP contribution in [-0.2, 0) is 14.4 Å². The molecule has 7 nitrogen and oxygen atoms in total. The largest absolute Gasteiger partial charge is 0.339 e. The summed E-state index contributed by atoms with van der Waals surface area (Å²) in [5.41, 5.74) is 0.851. The van der Waals surface area contributed by atoms with Crippen LogP contribution in [0.15, 0.2) is 48.5 Å². The third-order valence-electron chi connectivity index (χ3n) is 5.04. The molecule has 8 heteroatoms. The van der Waals surface area contributed by atoms with Gasteiger partial charge in [0.2, 0.25) is 5.91 Å². The maximum atomic E-state index is 13.2. The van der Waals surface area contributed by atoms with Crippen molar-refractivity contribution in [2.75, 3.05) is 7.05 Å². The third kappa shape index (κ3) is 2.74. The van der Waals surface area contributed by atoms with Gasteiger partial charge in [-0.15, -0.1) is 0 Å². The fourth-order valence-electron chi connectivity index (χ4n) is 3.60. The Bertz CT molecular complexity index is 969. The van der Waals surface area contributed by atoms with Gasteiger partial charge in [-0.05, 0) is 29.8 Å². The summed E-state index contributed by atoms with van der Waals surface area (Å²) in [6.45, 7) is 0. The topological polar surface area (TPSA) is 84.0 Å². The highest BCUT2D eigenvalue weighted by atomic mass is 19.1. The quantitative estimate of drug-likeness (QED) is 0.759. The van der Waals surface area contributed by atoms with Crippen molar-refractivity contribution < 1.29 is 28.4 Å². The number of benzene rings is 2. The number of carbonyl (C=O) groups is 4. The number of carbonyl (C=O) groups excluding carboxylic acids is 4. The van der Waals surface area contributed by atoms with Crippen molar-refractivity contribution in [2.24, 2.45) is 5.92 Å². The van der Waals surface area contributed by atoms with Crippen molar-refractivity contribution in [3.05, 3.63) is 71.0 Å². The zero-order chi connectivity index (χ0) is 20.0. The smallest absolute Gasteiger partial charge is 0.338 e. The van der Waals surface area contributed by atoms with Gasteiger partial charge in [0.25, 0.3) is 11.8 Å². The monoisotopic (exact) mass is 382 g/mol. The zero-order valence-electron chi connectivity index (χ0n) is 14.8. The van der Waals surface area contributed by atoms with Gasteiger partial charge in [0.1, 0.15) is 5.82 Å². The van der Waals surface area contributed by atoms with E-state index in [0.29, 0.717) is 10.6 Å². The molecule has 0 aromatic heterocycles. The van der Waals surface area contributed by atoms with E-state index in [0.717, 1.165) is 0 Å². The molecule has 3 amide bonds. The normalized spacial score (nSPS) is 21.3. The lowest BCUT2D eigenvalue weighted by molar-refractivity contribution is -0.174. The average molecular weight is 382 g/mol. The minimum atomic E-state index is -0.938. The molecule has 2 aliphatic rings. The fourth-order valence-corrected chi connectivity index (χ4v) is 3.60.